The van der Waals surface area contributed by atoms with Crippen LogP contribution in [0.15, 0.2) is 59.5 Å². The van der Waals surface area contributed by atoms with Crippen molar-refractivity contribution in [2.24, 2.45) is 0 Å². The van der Waals surface area contributed by atoms with Crippen molar-refractivity contribution < 1.29 is 17.9 Å². The van der Waals surface area contributed by atoms with E-state index in [-0.39, 0.29) is 16.8 Å². The zero-order chi connectivity index (χ0) is 18.6. The van der Waals surface area contributed by atoms with E-state index in [1.54, 1.807) is 37.5 Å². The summed E-state index contributed by atoms with van der Waals surface area (Å²) in [5.74, 6) is 0.398. The molecule has 26 heavy (non-hydrogen) atoms. The molecule has 1 fully saturated rings. The van der Waals surface area contributed by atoms with Crippen LogP contribution in [0.3, 0.4) is 0 Å². The monoisotopic (exact) mass is 372 g/mol. The summed E-state index contributed by atoms with van der Waals surface area (Å²) in [6.45, 7) is 0. The number of hydrogen-bond acceptors (Lipinski definition) is 4. The Morgan fingerprint density at radius 2 is 1.88 bits per heavy atom. The minimum Gasteiger partial charge on any atom is -0.497 e. The predicted octanol–water partition coefficient (Wildman–Crippen LogP) is 2.79. The minimum absolute atomic E-state index is 0.0330. The number of benzene rings is 2. The van der Waals surface area contributed by atoms with Crippen molar-refractivity contribution in [3.05, 3.63) is 60.2 Å². The maximum absolute atomic E-state index is 12.2. The van der Waals surface area contributed by atoms with Crippen molar-refractivity contribution >= 4 is 27.7 Å². The van der Waals surface area contributed by atoms with Crippen LogP contribution in [-0.2, 0) is 14.8 Å². The van der Waals surface area contributed by atoms with Crippen LogP contribution < -0.4 is 14.8 Å². The first-order valence-corrected chi connectivity index (χ1v) is 9.70. The van der Waals surface area contributed by atoms with Crippen molar-refractivity contribution in [1.82, 2.24) is 4.72 Å². The average molecular weight is 372 g/mol. The van der Waals surface area contributed by atoms with Crippen LogP contribution in [0.4, 0.5) is 5.69 Å². The third-order valence-electron chi connectivity index (χ3n) is 3.85. The quantitative estimate of drug-likeness (QED) is 0.732. The highest BCUT2D eigenvalue weighted by atomic mass is 32.2. The number of carbonyl (C=O) groups excluding carboxylic acids is 1. The van der Waals surface area contributed by atoms with Gasteiger partial charge >= 0.3 is 0 Å². The Hall–Kier alpha value is -2.64. The molecule has 0 bridgehead atoms. The second kappa shape index (κ2) is 7.72. The Morgan fingerprint density at radius 1 is 1.15 bits per heavy atom. The van der Waals surface area contributed by atoms with Gasteiger partial charge < -0.3 is 10.1 Å². The van der Waals surface area contributed by atoms with Gasteiger partial charge in [0, 0.05) is 17.8 Å². The molecule has 2 N–H and O–H groups in total. The zero-order valence-electron chi connectivity index (χ0n) is 14.3. The normalized spacial score (nSPS) is 14.3. The number of nitrogens with one attached hydrogen (secondary N) is 2. The summed E-state index contributed by atoms with van der Waals surface area (Å²) in [4.78, 5) is 12.2. The molecule has 1 amide bonds. The van der Waals surface area contributed by atoms with E-state index in [0.29, 0.717) is 5.69 Å². The summed E-state index contributed by atoms with van der Waals surface area (Å²) in [6, 6.07) is 13.5. The number of ether oxygens (including phenoxy) is 1. The number of rotatable bonds is 7. The summed E-state index contributed by atoms with van der Waals surface area (Å²) in [7, 11) is -1.96. The lowest BCUT2D eigenvalue weighted by Gasteiger charge is -2.08. The molecule has 7 heteroatoms. The van der Waals surface area contributed by atoms with Crippen LogP contribution in [0, 0.1) is 0 Å². The van der Waals surface area contributed by atoms with Gasteiger partial charge in [-0.05, 0) is 54.8 Å². The van der Waals surface area contributed by atoms with Gasteiger partial charge in [0.15, 0.2) is 0 Å². The Balaban J connectivity index is 1.65. The highest BCUT2D eigenvalue weighted by molar-refractivity contribution is 7.89. The van der Waals surface area contributed by atoms with Gasteiger partial charge in [0.25, 0.3) is 0 Å². The number of hydrogen-bond donors (Lipinski definition) is 2. The summed E-state index contributed by atoms with van der Waals surface area (Å²) in [6.07, 6.45) is 4.80. The van der Waals surface area contributed by atoms with Crippen molar-refractivity contribution in [2.45, 2.75) is 23.8 Å². The van der Waals surface area contributed by atoms with Crippen LogP contribution in [0.25, 0.3) is 6.08 Å². The fourth-order valence-corrected chi connectivity index (χ4v) is 3.65. The molecule has 0 atom stereocenters. The number of methoxy groups -OCH3 is 1. The van der Waals surface area contributed by atoms with Gasteiger partial charge in [-0.1, -0.05) is 18.2 Å². The average Bonchev–Trinajstić information content (AvgIpc) is 3.44. The molecule has 3 rings (SSSR count). The number of anilines is 1. The molecular formula is C19H20N2O4S. The molecule has 0 saturated heterocycles. The molecule has 0 unspecified atom stereocenters. The van der Waals surface area contributed by atoms with E-state index in [0.717, 1.165) is 24.2 Å². The zero-order valence-corrected chi connectivity index (χ0v) is 15.1. The lowest BCUT2D eigenvalue weighted by Crippen LogP contribution is -2.25. The highest BCUT2D eigenvalue weighted by Gasteiger charge is 2.28. The van der Waals surface area contributed by atoms with Gasteiger partial charge in [-0.15, -0.1) is 0 Å². The second-order valence-electron chi connectivity index (χ2n) is 6.02. The second-order valence-corrected chi connectivity index (χ2v) is 7.73. The molecule has 2 aromatic rings. The van der Waals surface area contributed by atoms with E-state index in [1.165, 1.54) is 18.2 Å². The summed E-state index contributed by atoms with van der Waals surface area (Å²) < 4.78 is 32.2. The number of amides is 1. The van der Waals surface area contributed by atoms with Crippen LogP contribution in [0.5, 0.6) is 5.75 Å². The van der Waals surface area contributed by atoms with E-state index < -0.39 is 10.0 Å². The number of carbonyl (C=O) groups is 1. The first kappa shape index (κ1) is 18.2. The molecular weight excluding hydrogens is 352 g/mol. The third-order valence-corrected chi connectivity index (χ3v) is 5.37. The molecule has 136 valence electrons. The maximum atomic E-state index is 12.2. The van der Waals surface area contributed by atoms with Gasteiger partial charge in [-0.3, -0.25) is 4.79 Å². The largest absolute Gasteiger partial charge is 0.497 e. The first-order valence-electron chi connectivity index (χ1n) is 8.22. The molecule has 0 aliphatic heterocycles. The van der Waals surface area contributed by atoms with Gasteiger partial charge in [-0.25, -0.2) is 13.1 Å². The summed E-state index contributed by atoms with van der Waals surface area (Å²) in [5, 5.41) is 2.67. The number of sulfonamides is 1. The Bertz CT molecular complexity index is 917. The van der Waals surface area contributed by atoms with Crippen LogP contribution in [-0.4, -0.2) is 27.5 Å². The van der Waals surface area contributed by atoms with Crippen molar-refractivity contribution in [1.29, 1.82) is 0 Å². The van der Waals surface area contributed by atoms with Gasteiger partial charge in [0.05, 0.1) is 12.0 Å². The van der Waals surface area contributed by atoms with E-state index >= 15 is 0 Å². The van der Waals surface area contributed by atoms with E-state index in [2.05, 4.69) is 10.0 Å². The molecule has 6 nitrogen and oxygen atoms in total. The van der Waals surface area contributed by atoms with Crippen molar-refractivity contribution in [3.8, 4) is 5.75 Å². The van der Waals surface area contributed by atoms with Gasteiger partial charge in [-0.2, -0.15) is 0 Å². The third kappa shape index (κ3) is 4.93. The lowest BCUT2D eigenvalue weighted by atomic mass is 10.2. The molecule has 1 aliphatic carbocycles. The van der Waals surface area contributed by atoms with Crippen molar-refractivity contribution in [2.75, 3.05) is 12.4 Å². The summed E-state index contributed by atoms with van der Waals surface area (Å²) >= 11 is 0. The standard InChI is InChI=1S/C19H20N2O4S/c1-25-17-10-5-14(6-11-17)7-12-19(22)20-16-3-2-4-18(13-16)26(23,24)21-15-8-9-15/h2-7,10-13,15,21H,8-9H2,1H3,(H,20,22)/b12-7+. The van der Waals surface area contributed by atoms with Gasteiger partial charge in [0.1, 0.15) is 5.75 Å². The molecule has 2 aromatic carbocycles. The SMILES string of the molecule is COc1ccc(/C=C/C(=O)Nc2cccc(S(=O)(=O)NC3CC3)c2)cc1. The molecule has 0 heterocycles. The predicted molar refractivity (Wildman–Crippen MR) is 100 cm³/mol. The smallest absolute Gasteiger partial charge is 0.248 e. The van der Waals surface area contributed by atoms with Crippen LogP contribution in [0.1, 0.15) is 18.4 Å². The molecule has 1 saturated carbocycles. The molecule has 1 aliphatic rings. The van der Waals surface area contributed by atoms with Crippen molar-refractivity contribution in [3.63, 3.8) is 0 Å². The highest BCUT2D eigenvalue weighted by Crippen LogP contribution is 2.23. The fourth-order valence-electron chi connectivity index (χ4n) is 2.30. The van der Waals surface area contributed by atoms with Crippen LogP contribution >= 0.6 is 0 Å². The van der Waals surface area contributed by atoms with Gasteiger partial charge in [0.2, 0.25) is 15.9 Å². The first-order chi connectivity index (χ1) is 12.5. The topological polar surface area (TPSA) is 84.5 Å². The maximum Gasteiger partial charge on any atom is 0.248 e. The van der Waals surface area contributed by atoms with Crippen LogP contribution in [0.2, 0.25) is 0 Å². The molecule has 0 radical (unpaired) electrons. The van der Waals surface area contributed by atoms with E-state index in [9.17, 15) is 13.2 Å². The Kier molecular flexibility index (Phi) is 5.39. The Labute approximate surface area is 152 Å². The Morgan fingerprint density at radius 3 is 2.54 bits per heavy atom. The van der Waals surface area contributed by atoms with E-state index in [4.69, 9.17) is 4.74 Å². The fraction of sp³-hybridized carbons (Fsp3) is 0.211. The summed E-state index contributed by atoms with van der Waals surface area (Å²) in [5.41, 5.74) is 1.28. The minimum atomic E-state index is -3.55. The molecule has 0 spiro atoms. The molecule has 0 aromatic heterocycles. The lowest BCUT2D eigenvalue weighted by molar-refractivity contribution is -0.111. The van der Waals surface area contributed by atoms with E-state index in [1.807, 2.05) is 12.1 Å².